The fourth-order valence-corrected chi connectivity index (χ4v) is 6.39. The van der Waals surface area contributed by atoms with Crippen molar-refractivity contribution in [2.75, 3.05) is 6.61 Å². The highest BCUT2D eigenvalue weighted by Gasteiger charge is 2.36. The molecule has 0 aliphatic rings. The zero-order valence-electron chi connectivity index (χ0n) is 20.9. The Labute approximate surface area is 197 Å². The molecule has 32 heavy (non-hydrogen) atoms. The summed E-state index contributed by atoms with van der Waals surface area (Å²) in [5.41, 5.74) is 0.0598. The van der Waals surface area contributed by atoms with Crippen LogP contribution in [-0.2, 0) is 4.43 Å². The SMILES string of the molecule is CCCCCCCCCCCCCCCCO[Si](CC)(CC)Oc1cccc([N+](=O)[O-])c1. The molecule has 0 bridgehead atoms. The molecule has 1 aromatic rings. The van der Waals surface area contributed by atoms with Crippen molar-refractivity contribution >= 4 is 14.2 Å². The van der Waals surface area contributed by atoms with Gasteiger partial charge in [-0.05, 0) is 24.6 Å². The Bertz CT molecular complexity index is 607. The molecule has 0 aliphatic carbocycles. The summed E-state index contributed by atoms with van der Waals surface area (Å²) in [6.45, 7) is 7.19. The first-order valence-electron chi connectivity index (χ1n) is 13.1. The van der Waals surface area contributed by atoms with E-state index in [9.17, 15) is 10.1 Å². The van der Waals surface area contributed by atoms with Crippen LogP contribution in [0.4, 0.5) is 5.69 Å². The van der Waals surface area contributed by atoms with E-state index in [1.807, 2.05) is 0 Å². The number of unbranched alkanes of at least 4 members (excludes halogenated alkanes) is 13. The zero-order chi connectivity index (χ0) is 23.5. The minimum Gasteiger partial charge on any atom is -0.520 e. The van der Waals surface area contributed by atoms with Crippen LogP contribution in [0.2, 0.25) is 12.1 Å². The Kier molecular flexibility index (Phi) is 16.2. The van der Waals surface area contributed by atoms with Crippen molar-refractivity contribution in [2.24, 2.45) is 0 Å². The maximum atomic E-state index is 11.0. The third kappa shape index (κ3) is 12.6. The second-order valence-electron chi connectivity index (χ2n) is 8.92. The van der Waals surface area contributed by atoms with Crippen molar-refractivity contribution in [3.8, 4) is 5.75 Å². The molecule has 0 aliphatic heterocycles. The smallest absolute Gasteiger partial charge is 0.398 e. The topological polar surface area (TPSA) is 61.6 Å². The minimum atomic E-state index is -2.37. The second-order valence-corrected chi connectivity index (χ2v) is 12.6. The Morgan fingerprint density at radius 3 is 1.75 bits per heavy atom. The Morgan fingerprint density at radius 1 is 0.781 bits per heavy atom. The maximum absolute atomic E-state index is 11.0. The molecule has 6 heteroatoms. The monoisotopic (exact) mass is 465 g/mol. The van der Waals surface area contributed by atoms with Gasteiger partial charge >= 0.3 is 8.56 Å². The number of nitro groups is 1. The van der Waals surface area contributed by atoms with E-state index in [-0.39, 0.29) is 10.6 Å². The number of benzene rings is 1. The maximum Gasteiger partial charge on any atom is 0.398 e. The summed E-state index contributed by atoms with van der Waals surface area (Å²) in [7, 11) is -2.37. The quantitative estimate of drug-likeness (QED) is 0.0786. The summed E-state index contributed by atoms with van der Waals surface area (Å²) < 4.78 is 12.5. The average molecular weight is 466 g/mol. The van der Waals surface area contributed by atoms with E-state index >= 15 is 0 Å². The van der Waals surface area contributed by atoms with Crippen LogP contribution in [0.1, 0.15) is 111 Å². The molecule has 0 unspecified atom stereocenters. The summed E-state index contributed by atoms with van der Waals surface area (Å²) >= 11 is 0. The molecule has 0 atom stereocenters. The van der Waals surface area contributed by atoms with E-state index in [1.165, 1.54) is 95.6 Å². The van der Waals surface area contributed by atoms with Gasteiger partial charge in [-0.1, -0.05) is 110 Å². The Morgan fingerprint density at radius 2 is 1.28 bits per heavy atom. The van der Waals surface area contributed by atoms with Crippen molar-refractivity contribution in [1.29, 1.82) is 0 Å². The molecule has 0 fully saturated rings. The third-order valence-corrected chi connectivity index (χ3v) is 9.77. The molecule has 1 aromatic carbocycles. The molecule has 0 spiro atoms. The number of hydrogen-bond acceptors (Lipinski definition) is 4. The number of non-ortho nitro benzene ring substituents is 1. The first-order chi connectivity index (χ1) is 15.6. The minimum absolute atomic E-state index is 0.0598. The molecule has 0 radical (unpaired) electrons. The third-order valence-electron chi connectivity index (χ3n) is 6.27. The van der Waals surface area contributed by atoms with E-state index in [0.29, 0.717) is 5.75 Å². The molecule has 0 amide bonds. The Hall–Kier alpha value is -1.40. The number of hydrogen-bond donors (Lipinski definition) is 0. The summed E-state index contributed by atoms with van der Waals surface area (Å²) in [5, 5.41) is 11.0. The van der Waals surface area contributed by atoms with Gasteiger partial charge in [0, 0.05) is 12.7 Å². The van der Waals surface area contributed by atoms with Crippen LogP contribution in [-0.4, -0.2) is 20.1 Å². The van der Waals surface area contributed by atoms with Crippen LogP contribution < -0.4 is 4.43 Å². The average Bonchev–Trinajstić information content (AvgIpc) is 2.81. The normalized spacial score (nSPS) is 11.6. The number of nitro benzene ring substituents is 1. The van der Waals surface area contributed by atoms with Gasteiger partial charge in [0.2, 0.25) is 0 Å². The van der Waals surface area contributed by atoms with Crippen LogP contribution >= 0.6 is 0 Å². The highest BCUT2D eigenvalue weighted by molar-refractivity contribution is 6.68. The van der Waals surface area contributed by atoms with E-state index in [0.717, 1.165) is 25.1 Å². The van der Waals surface area contributed by atoms with Gasteiger partial charge < -0.3 is 8.85 Å². The number of rotatable bonds is 21. The van der Waals surface area contributed by atoms with E-state index in [2.05, 4.69) is 20.8 Å². The molecule has 0 saturated heterocycles. The standard InChI is InChI=1S/C26H47NO4Si/c1-4-7-8-9-10-11-12-13-14-15-16-17-18-19-23-30-32(5-2,6-3)31-26-22-20-21-25(24-26)27(28)29/h20-22,24H,4-19,23H2,1-3H3. The van der Waals surface area contributed by atoms with Gasteiger partial charge in [-0.3, -0.25) is 10.1 Å². The van der Waals surface area contributed by atoms with Gasteiger partial charge in [0.1, 0.15) is 5.75 Å². The summed E-state index contributed by atoms with van der Waals surface area (Å²) in [4.78, 5) is 10.6. The van der Waals surface area contributed by atoms with Crippen molar-refractivity contribution < 1.29 is 13.8 Å². The highest BCUT2D eigenvalue weighted by Crippen LogP contribution is 2.26. The van der Waals surface area contributed by atoms with Gasteiger partial charge in [-0.15, -0.1) is 0 Å². The van der Waals surface area contributed by atoms with Crippen molar-refractivity contribution in [1.82, 2.24) is 0 Å². The largest absolute Gasteiger partial charge is 0.520 e. The van der Waals surface area contributed by atoms with Gasteiger partial charge in [-0.2, -0.15) is 0 Å². The van der Waals surface area contributed by atoms with Crippen molar-refractivity contribution in [3.05, 3.63) is 34.4 Å². The molecule has 0 heterocycles. The van der Waals surface area contributed by atoms with Gasteiger partial charge in [-0.25, -0.2) is 0 Å². The second kappa shape index (κ2) is 18.1. The van der Waals surface area contributed by atoms with Crippen LogP contribution in [0.25, 0.3) is 0 Å². The predicted molar refractivity (Wildman–Crippen MR) is 137 cm³/mol. The van der Waals surface area contributed by atoms with E-state index in [4.69, 9.17) is 8.85 Å². The highest BCUT2D eigenvalue weighted by atomic mass is 28.4. The molecule has 5 nitrogen and oxygen atoms in total. The molecule has 1 rings (SSSR count). The molecular weight excluding hydrogens is 418 g/mol. The van der Waals surface area contributed by atoms with Crippen LogP contribution in [0.15, 0.2) is 24.3 Å². The van der Waals surface area contributed by atoms with Crippen LogP contribution in [0.5, 0.6) is 5.75 Å². The summed E-state index contributed by atoms with van der Waals surface area (Å²) in [6.07, 6.45) is 18.8. The first kappa shape index (κ1) is 28.6. The number of nitrogens with zero attached hydrogens (tertiary/aromatic N) is 1. The molecule has 184 valence electrons. The lowest BCUT2D eigenvalue weighted by atomic mass is 10.0. The van der Waals surface area contributed by atoms with E-state index in [1.54, 1.807) is 12.1 Å². The zero-order valence-corrected chi connectivity index (χ0v) is 21.9. The van der Waals surface area contributed by atoms with E-state index < -0.39 is 8.56 Å². The fraction of sp³-hybridized carbons (Fsp3) is 0.769. The Balaban J connectivity index is 2.13. The molecule has 0 N–H and O–H groups in total. The van der Waals surface area contributed by atoms with Gasteiger partial charge in [0.25, 0.3) is 5.69 Å². The van der Waals surface area contributed by atoms with Gasteiger partial charge in [0.05, 0.1) is 11.0 Å². The summed E-state index contributed by atoms with van der Waals surface area (Å²) in [5.74, 6) is 0.551. The van der Waals surface area contributed by atoms with Crippen molar-refractivity contribution in [2.45, 2.75) is 123 Å². The van der Waals surface area contributed by atoms with Gasteiger partial charge in [0.15, 0.2) is 0 Å². The summed E-state index contributed by atoms with van der Waals surface area (Å²) in [6, 6.07) is 8.13. The fourth-order valence-electron chi connectivity index (χ4n) is 4.06. The predicted octanol–water partition coefficient (Wildman–Crippen LogP) is 8.95. The van der Waals surface area contributed by atoms with Crippen molar-refractivity contribution in [3.63, 3.8) is 0 Å². The molecular formula is C26H47NO4Si. The lowest BCUT2D eigenvalue weighted by molar-refractivity contribution is -0.384. The molecule has 0 saturated carbocycles. The lowest BCUT2D eigenvalue weighted by Crippen LogP contribution is -2.44. The lowest BCUT2D eigenvalue weighted by Gasteiger charge is -2.29. The van der Waals surface area contributed by atoms with Crippen LogP contribution in [0, 0.1) is 10.1 Å². The first-order valence-corrected chi connectivity index (χ1v) is 15.4. The molecule has 0 aromatic heterocycles. The van der Waals surface area contributed by atoms with Crippen LogP contribution in [0.3, 0.4) is 0 Å².